The molecule has 0 radical (unpaired) electrons. The zero-order chi connectivity index (χ0) is 24.9. The number of nitrogens with one attached hydrogen (secondary N) is 3. The quantitative estimate of drug-likeness (QED) is 0.409. The number of carbonyl (C=O) groups is 1. The predicted molar refractivity (Wildman–Crippen MR) is 135 cm³/mol. The Hall–Kier alpha value is -3.08. The van der Waals surface area contributed by atoms with Gasteiger partial charge >= 0.3 is 0 Å². The smallest absolute Gasteiger partial charge is 0.255 e. The molecule has 1 aliphatic rings. The molecule has 0 bridgehead atoms. The molecule has 0 spiro atoms. The number of fused-ring (bicyclic) bond motifs is 1. The number of ether oxygens (including phenoxy) is 1. The number of anilines is 1. The Balaban J connectivity index is 1.65. The van der Waals surface area contributed by atoms with E-state index in [0.29, 0.717) is 53.6 Å². The molecule has 1 amide bonds. The third kappa shape index (κ3) is 5.77. The lowest BCUT2D eigenvalue weighted by Gasteiger charge is -2.27. The molecule has 2 aromatic heterocycles. The van der Waals surface area contributed by atoms with E-state index in [1.165, 1.54) is 12.3 Å². The van der Waals surface area contributed by atoms with Gasteiger partial charge in [0.05, 0.1) is 36.2 Å². The normalized spacial score (nSPS) is 15.1. The average Bonchev–Trinajstić information content (AvgIpc) is 3.25. The van der Waals surface area contributed by atoms with Crippen molar-refractivity contribution < 1.29 is 13.9 Å². The number of amides is 1. The molecule has 11 heteroatoms. The minimum Gasteiger partial charge on any atom is -0.383 e. The molecule has 3 heterocycles. The minimum absolute atomic E-state index is 0.0365. The highest BCUT2D eigenvalue weighted by Gasteiger charge is 2.22. The van der Waals surface area contributed by atoms with Crippen molar-refractivity contribution in [3.05, 3.63) is 52.2 Å². The molecule has 0 atom stereocenters. The van der Waals surface area contributed by atoms with E-state index < -0.39 is 5.82 Å². The van der Waals surface area contributed by atoms with E-state index in [9.17, 15) is 4.79 Å². The second-order valence-corrected chi connectivity index (χ2v) is 8.98. The molecular formula is C24H29ClFN7O2. The summed E-state index contributed by atoms with van der Waals surface area (Å²) in [4.78, 5) is 31.2. The van der Waals surface area contributed by atoms with Crippen LogP contribution in [0.4, 0.5) is 10.1 Å². The highest BCUT2D eigenvalue weighted by molar-refractivity contribution is 6.31. The fourth-order valence-corrected chi connectivity index (χ4v) is 4.20. The number of nitrogens with zero attached hydrogens (tertiary/aromatic N) is 4. The molecule has 0 saturated carbocycles. The summed E-state index contributed by atoms with van der Waals surface area (Å²) in [7, 11) is 1.57. The van der Waals surface area contributed by atoms with E-state index in [4.69, 9.17) is 16.3 Å². The maximum atomic E-state index is 15.3. The summed E-state index contributed by atoms with van der Waals surface area (Å²) in [6, 6.07) is 2.89. The highest BCUT2D eigenvalue weighted by Crippen LogP contribution is 2.28. The first-order valence-corrected chi connectivity index (χ1v) is 11.9. The van der Waals surface area contributed by atoms with E-state index in [-0.39, 0.29) is 22.5 Å². The van der Waals surface area contributed by atoms with Crippen molar-refractivity contribution in [3.8, 4) is 0 Å². The lowest BCUT2D eigenvalue weighted by atomic mass is 10.0. The van der Waals surface area contributed by atoms with Gasteiger partial charge in [0.15, 0.2) is 5.65 Å². The van der Waals surface area contributed by atoms with Gasteiger partial charge in [-0.2, -0.15) is 0 Å². The van der Waals surface area contributed by atoms with Gasteiger partial charge in [0, 0.05) is 56.2 Å². The van der Waals surface area contributed by atoms with Gasteiger partial charge in [0.25, 0.3) is 5.91 Å². The largest absolute Gasteiger partial charge is 0.383 e. The topological polar surface area (TPSA) is 108 Å². The maximum Gasteiger partial charge on any atom is 0.255 e. The summed E-state index contributed by atoms with van der Waals surface area (Å²) in [6.07, 6.45) is 3.08. The van der Waals surface area contributed by atoms with Crippen molar-refractivity contribution in [1.82, 2.24) is 25.2 Å². The molecule has 1 aliphatic heterocycles. The van der Waals surface area contributed by atoms with Crippen LogP contribution in [0.15, 0.2) is 29.5 Å². The summed E-state index contributed by atoms with van der Waals surface area (Å²) in [5, 5.41) is 6.43. The standard InChI is InChI=1S/C24H29ClFN7O2/c1-14(2)31-24(34)16-12-29-23-21(16)32-19(13-30-23)22(27-3)20-17(26)10-15(25)11-18(20)28-4-5-33-6-8-35-9-7-33/h10-14,28H,4-9H2,1-3H3,(H,29,30)(H,31,34)/b27-22-. The summed E-state index contributed by atoms with van der Waals surface area (Å²) >= 11 is 6.18. The Morgan fingerprint density at radius 3 is 2.83 bits per heavy atom. The SMILES string of the molecule is C/N=C(/c1cnc2[nH]cc(C(=O)NC(C)C)c2n1)c1c(F)cc(Cl)cc1NCCN1CCOCC1. The van der Waals surface area contributed by atoms with Gasteiger partial charge < -0.3 is 20.4 Å². The number of rotatable bonds is 8. The predicted octanol–water partition coefficient (Wildman–Crippen LogP) is 3.10. The molecule has 4 rings (SSSR count). The van der Waals surface area contributed by atoms with Crippen LogP contribution in [0, 0.1) is 5.82 Å². The molecule has 9 nitrogen and oxygen atoms in total. The fraction of sp³-hybridized carbons (Fsp3) is 0.417. The Morgan fingerprint density at radius 1 is 1.34 bits per heavy atom. The van der Waals surface area contributed by atoms with Crippen LogP contribution >= 0.6 is 11.6 Å². The lowest BCUT2D eigenvalue weighted by Crippen LogP contribution is -2.39. The van der Waals surface area contributed by atoms with E-state index in [2.05, 4.69) is 35.5 Å². The second kappa shape index (κ2) is 11.1. The molecule has 3 aromatic rings. The number of benzene rings is 1. The Kier molecular flexibility index (Phi) is 7.94. The van der Waals surface area contributed by atoms with Crippen molar-refractivity contribution in [2.24, 2.45) is 4.99 Å². The van der Waals surface area contributed by atoms with Gasteiger partial charge in [-0.15, -0.1) is 0 Å². The number of hydrogen-bond donors (Lipinski definition) is 3. The van der Waals surface area contributed by atoms with Crippen molar-refractivity contribution in [2.75, 3.05) is 51.8 Å². The first-order chi connectivity index (χ1) is 16.9. The fourth-order valence-electron chi connectivity index (χ4n) is 4.00. The Bertz CT molecular complexity index is 1240. The van der Waals surface area contributed by atoms with Crippen LogP contribution in [-0.4, -0.2) is 84.0 Å². The third-order valence-electron chi connectivity index (χ3n) is 5.65. The first kappa shape index (κ1) is 25.0. The molecule has 0 aliphatic carbocycles. The zero-order valence-corrected chi connectivity index (χ0v) is 20.7. The number of H-pyrrole nitrogens is 1. The molecule has 1 fully saturated rings. The van der Waals surface area contributed by atoms with Gasteiger partial charge in [0.2, 0.25) is 0 Å². The summed E-state index contributed by atoms with van der Waals surface area (Å²) in [6.45, 7) is 8.26. The van der Waals surface area contributed by atoms with Gasteiger partial charge in [-0.1, -0.05) is 11.6 Å². The van der Waals surface area contributed by atoms with E-state index >= 15 is 4.39 Å². The van der Waals surface area contributed by atoms with Crippen LogP contribution < -0.4 is 10.6 Å². The molecule has 1 saturated heterocycles. The van der Waals surface area contributed by atoms with Crippen LogP contribution in [0.2, 0.25) is 5.02 Å². The van der Waals surface area contributed by atoms with Gasteiger partial charge in [-0.3, -0.25) is 14.7 Å². The Morgan fingerprint density at radius 2 is 2.11 bits per heavy atom. The Labute approximate surface area is 208 Å². The number of aromatic amines is 1. The van der Waals surface area contributed by atoms with Crippen LogP contribution in [0.5, 0.6) is 0 Å². The van der Waals surface area contributed by atoms with Crippen molar-refractivity contribution in [2.45, 2.75) is 19.9 Å². The number of aromatic nitrogens is 3. The molecule has 3 N–H and O–H groups in total. The van der Waals surface area contributed by atoms with Gasteiger partial charge in [-0.25, -0.2) is 14.4 Å². The number of morpholine rings is 1. The highest BCUT2D eigenvalue weighted by atomic mass is 35.5. The van der Waals surface area contributed by atoms with Gasteiger partial charge in [0.1, 0.15) is 17.0 Å². The van der Waals surface area contributed by atoms with Crippen molar-refractivity contribution in [1.29, 1.82) is 0 Å². The first-order valence-electron chi connectivity index (χ1n) is 11.5. The summed E-state index contributed by atoms with van der Waals surface area (Å²) < 4.78 is 20.7. The molecule has 0 unspecified atom stereocenters. The third-order valence-corrected chi connectivity index (χ3v) is 5.87. The summed E-state index contributed by atoms with van der Waals surface area (Å²) in [5.41, 5.74) is 2.61. The zero-order valence-electron chi connectivity index (χ0n) is 20.0. The second-order valence-electron chi connectivity index (χ2n) is 8.55. The lowest BCUT2D eigenvalue weighted by molar-refractivity contribution is 0.0398. The number of aliphatic imine (C=N–C) groups is 1. The monoisotopic (exact) mass is 501 g/mol. The van der Waals surface area contributed by atoms with Gasteiger partial charge in [-0.05, 0) is 26.0 Å². The van der Waals surface area contributed by atoms with Crippen molar-refractivity contribution in [3.63, 3.8) is 0 Å². The summed E-state index contributed by atoms with van der Waals surface area (Å²) in [5.74, 6) is -0.795. The molecule has 35 heavy (non-hydrogen) atoms. The van der Waals surface area contributed by atoms with Crippen LogP contribution in [0.1, 0.15) is 35.5 Å². The number of halogens is 2. The van der Waals surface area contributed by atoms with Crippen LogP contribution in [0.3, 0.4) is 0 Å². The average molecular weight is 502 g/mol. The molecular weight excluding hydrogens is 473 g/mol. The van der Waals surface area contributed by atoms with Crippen LogP contribution in [0.25, 0.3) is 11.2 Å². The van der Waals surface area contributed by atoms with E-state index in [0.717, 1.165) is 19.6 Å². The maximum absolute atomic E-state index is 15.3. The van der Waals surface area contributed by atoms with E-state index in [1.54, 1.807) is 19.3 Å². The number of hydrogen-bond acceptors (Lipinski definition) is 7. The molecule has 186 valence electrons. The van der Waals surface area contributed by atoms with E-state index in [1.807, 2.05) is 13.8 Å². The number of carbonyl (C=O) groups excluding carboxylic acids is 1. The van der Waals surface area contributed by atoms with Crippen molar-refractivity contribution >= 4 is 40.1 Å². The molecule has 1 aromatic carbocycles. The minimum atomic E-state index is -0.527. The van der Waals surface area contributed by atoms with Crippen LogP contribution in [-0.2, 0) is 4.74 Å².